The maximum Gasteiger partial charge on any atom is 0.137 e. The molecule has 0 aliphatic heterocycles. The van der Waals surface area contributed by atoms with Crippen LogP contribution in [0.5, 0.6) is 0 Å². The van der Waals surface area contributed by atoms with Gasteiger partial charge in [0.1, 0.15) is 17.3 Å². The van der Waals surface area contributed by atoms with Gasteiger partial charge in [0.2, 0.25) is 0 Å². The van der Waals surface area contributed by atoms with Gasteiger partial charge < -0.3 is 5.32 Å². The first-order chi connectivity index (χ1) is 10.2. The van der Waals surface area contributed by atoms with Crippen molar-refractivity contribution >= 4 is 11.5 Å². The highest BCUT2D eigenvalue weighted by Gasteiger charge is 2.13. The molecule has 0 spiro atoms. The zero-order chi connectivity index (χ0) is 14.8. The van der Waals surface area contributed by atoms with Gasteiger partial charge in [0, 0.05) is 24.5 Å². The Morgan fingerprint density at radius 2 is 2.05 bits per heavy atom. The Morgan fingerprint density at radius 1 is 1.19 bits per heavy atom. The van der Waals surface area contributed by atoms with E-state index in [1.165, 1.54) is 0 Å². The molecule has 0 amide bonds. The number of hydrogen-bond acceptors (Lipinski definition) is 4. The van der Waals surface area contributed by atoms with Gasteiger partial charge in [-0.3, -0.25) is 4.40 Å². The van der Waals surface area contributed by atoms with Crippen molar-refractivity contribution in [1.82, 2.24) is 19.4 Å². The normalized spacial score (nSPS) is 11.0. The Hall–Kier alpha value is -2.43. The molecule has 0 bridgehead atoms. The summed E-state index contributed by atoms with van der Waals surface area (Å²) in [5.74, 6) is 1.68. The van der Waals surface area contributed by atoms with Gasteiger partial charge in [-0.1, -0.05) is 13.0 Å². The molecule has 108 valence electrons. The maximum atomic E-state index is 4.64. The van der Waals surface area contributed by atoms with E-state index in [1.807, 2.05) is 25.3 Å². The monoisotopic (exact) mass is 281 g/mol. The predicted octanol–water partition coefficient (Wildman–Crippen LogP) is 3.23. The van der Waals surface area contributed by atoms with E-state index >= 15 is 0 Å². The molecular weight excluding hydrogens is 262 g/mol. The van der Waals surface area contributed by atoms with Crippen LogP contribution in [0, 0.1) is 13.8 Å². The second kappa shape index (κ2) is 5.52. The summed E-state index contributed by atoms with van der Waals surface area (Å²) in [6, 6.07) is 6.06. The fourth-order valence-corrected chi connectivity index (χ4v) is 2.43. The fraction of sp³-hybridized carbons (Fsp3) is 0.312. The first kappa shape index (κ1) is 13.5. The zero-order valence-electron chi connectivity index (χ0n) is 12.6. The van der Waals surface area contributed by atoms with Crippen molar-refractivity contribution < 1.29 is 0 Å². The number of nitrogens with one attached hydrogen (secondary N) is 1. The third-order valence-corrected chi connectivity index (χ3v) is 3.47. The van der Waals surface area contributed by atoms with Crippen LogP contribution < -0.4 is 5.32 Å². The molecule has 0 radical (unpaired) electrons. The van der Waals surface area contributed by atoms with Crippen LogP contribution in [0.3, 0.4) is 0 Å². The number of anilines is 1. The molecule has 0 saturated heterocycles. The Kier molecular flexibility index (Phi) is 3.56. The predicted molar refractivity (Wildman–Crippen MR) is 84.5 cm³/mol. The van der Waals surface area contributed by atoms with Gasteiger partial charge in [0.25, 0.3) is 0 Å². The van der Waals surface area contributed by atoms with Gasteiger partial charge in [-0.15, -0.1) is 0 Å². The van der Waals surface area contributed by atoms with Crippen LogP contribution in [0.25, 0.3) is 17.0 Å². The quantitative estimate of drug-likeness (QED) is 0.797. The Bertz CT molecular complexity index is 775. The summed E-state index contributed by atoms with van der Waals surface area (Å²) < 4.78 is 2.05. The smallest absolute Gasteiger partial charge is 0.137 e. The third-order valence-electron chi connectivity index (χ3n) is 3.47. The van der Waals surface area contributed by atoms with Gasteiger partial charge in [-0.05, 0) is 32.4 Å². The average Bonchev–Trinajstić information content (AvgIpc) is 2.96. The number of fused-ring (bicyclic) bond motifs is 1. The molecule has 0 fully saturated rings. The molecule has 5 nitrogen and oxygen atoms in total. The topological polar surface area (TPSA) is 55.1 Å². The van der Waals surface area contributed by atoms with E-state index in [0.717, 1.165) is 47.2 Å². The number of aryl methyl sites for hydroxylation is 1. The minimum atomic E-state index is 0.770. The van der Waals surface area contributed by atoms with Crippen LogP contribution in [0.15, 0.2) is 30.6 Å². The molecule has 1 N–H and O–H groups in total. The summed E-state index contributed by atoms with van der Waals surface area (Å²) in [7, 11) is 0. The highest BCUT2D eigenvalue weighted by atomic mass is 15.1. The average molecular weight is 281 g/mol. The first-order valence-corrected chi connectivity index (χ1v) is 7.22. The van der Waals surface area contributed by atoms with Crippen LogP contribution >= 0.6 is 0 Å². The molecule has 3 heterocycles. The zero-order valence-corrected chi connectivity index (χ0v) is 12.6. The van der Waals surface area contributed by atoms with E-state index in [4.69, 9.17) is 0 Å². The van der Waals surface area contributed by atoms with Crippen LogP contribution in [0.2, 0.25) is 0 Å². The second-order valence-corrected chi connectivity index (χ2v) is 5.09. The van der Waals surface area contributed by atoms with Crippen LogP contribution in [0.4, 0.5) is 5.82 Å². The van der Waals surface area contributed by atoms with E-state index in [9.17, 15) is 0 Å². The number of imidazole rings is 1. The highest BCUT2D eigenvalue weighted by molar-refractivity contribution is 5.68. The van der Waals surface area contributed by atoms with E-state index in [0.29, 0.717) is 0 Å². The van der Waals surface area contributed by atoms with Crippen molar-refractivity contribution in [1.29, 1.82) is 0 Å². The van der Waals surface area contributed by atoms with Crippen molar-refractivity contribution in [3.05, 3.63) is 42.0 Å². The molecule has 0 atom stereocenters. The SMILES string of the molecule is CCCNc1nc(C)nc(-c2cccc3nccn23)c1C. The lowest BCUT2D eigenvalue weighted by atomic mass is 10.1. The Morgan fingerprint density at radius 3 is 2.86 bits per heavy atom. The number of hydrogen-bond donors (Lipinski definition) is 1. The van der Waals surface area contributed by atoms with E-state index in [1.54, 1.807) is 6.20 Å². The van der Waals surface area contributed by atoms with Crippen molar-refractivity contribution in [2.45, 2.75) is 27.2 Å². The third kappa shape index (κ3) is 2.46. The van der Waals surface area contributed by atoms with Gasteiger partial charge in [-0.25, -0.2) is 15.0 Å². The summed E-state index contributed by atoms with van der Waals surface area (Å²) in [4.78, 5) is 13.5. The summed E-state index contributed by atoms with van der Waals surface area (Å²) in [5.41, 5.74) is 3.97. The molecule has 0 aliphatic carbocycles. The maximum absolute atomic E-state index is 4.64. The lowest BCUT2D eigenvalue weighted by Crippen LogP contribution is -2.08. The lowest BCUT2D eigenvalue weighted by molar-refractivity contribution is 0.945. The molecule has 0 aromatic carbocycles. The van der Waals surface area contributed by atoms with E-state index in [-0.39, 0.29) is 0 Å². The second-order valence-electron chi connectivity index (χ2n) is 5.09. The molecule has 3 aromatic rings. The van der Waals surface area contributed by atoms with E-state index < -0.39 is 0 Å². The molecule has 0 aliphatic rings. The molecule has 5 heteroatoms. The summed E-state index contributed by atoms with van der Waals surface area (Å²) in [6.07, 6.45) is 4.83. The lowest BCUT2D eigenvalue weighted by Gasteiger charge is -2.13. The first-order valence-electron chi connectivity index (χ1n) is 7.22. The summed E-state index contributed by atoms with van der Waals surface area (Å²) in [5, 5.41) is 3.38. The molecular formula is C16H19N5. The van der Waals surface area contributed by atoms with Crippen LogP contribution in [-0.4, -0.2) is 25.9 Å². The Balaban J connectivity index is 2.17. The van der Waals surface area contributed by atoms with Gasteiger partial charge in [0.15, 0.2) is 0 Å². The van der Waals surface area contributed by atoms with Crippen LogP contribution in [-0.2, 0) is 0 Å². The van der Waals surface area contributed by atoms with Crippen molar-refractivity contribution in [2.75, 3.05) is 11.9 Å². The molecule has 0 unspecified atom stereocenters. The van der Waals surface area contributed by atoms with Crippen molar-refractivity contribution in [2.24, 2.45) is 0 Å². The van der Waals surface area contributed by atoms with Crippen molar-refractivity contribution in [3.8, 4) is 11.4 Å². The van der Waals surface area contributed by atoms with Crippen molar-refractivity contribution in [3.63, 3.8) is 0 Å². The van der Waals surface area contributed by atoms with Gasteiger partial charge >= 0.3 is 0 Å². The number of rotatable bonds is 4. The molecule has 3 rings (SSSR count). The highest BCUT2D eigenvalue weighted by Crippen LogP contribution is 2.26. The summed E-state index contributed by atoms with van der Waals surface area (Å²) in [6.45, 7) is 7.03. The number of nitrogens with zero attached hydrogens (tertiary/aromatic N) is 4. The van der Waals surface area contributed by atoms with Gasteiger partial charge in [-0.2, -0.15) is 0 Å². The largest absolute Gasteiger partial charge is 0.370 e. The van der Waals surface area contributed by atoms with Crippen LogP contribution in [0.1, 0.15) is 24.7 Å². The molecule has 3 aromatic heterocycles. The minimum absolute atomic E-state index is 0.770. The standard InChI is InChI=1S/C16H19N5/c1-4-8-18-16-11(2)15(19-12(3)20-16)13-6-5-7-14-17-9-10-21(13)14/h5-7,9-10H,4,8H2,1-3H3,(H,18,19,20). The molecule has 0 saturated carbocycles. The Labute approximate surface area is 124 Å². The number of aromatic nitrogens is 4. The van der Waals surface area contributed by atoms with E-state index in [2.05, 4.69) is 44.6 Å². The molecule has 21 heavy (non-hydrogen) atoms. The number of pyridine rings is 1. The van der Waals surface area contributed by atoms with Gasteiger partial charge in [0.05, 0.1) is 11.4 Å². The minimum Gasteiger partial charge on any atom is -0.370 e. The summed E-state index contributed by atoms with van der Waals surface area (Å²) >= 11 is 0. The fourth-order valence-electron chi connectivity index (χ4n) is 2.43.